The van der Waals surface area contributed by atoms with Gasteiger partial charge in [-0.25, -0.2) is 15.0 Å². The van der Waals surface area contributed by atoms with Gasteiger partial charge in [0, 0.05) is 23.4 Å². The van der Waals surface area contributed by atoms with Gasteiger partial charge in [-0.2, -0.15) is 0 Å². The van der Waals surface area contributed by atoms with Gasteiger partial charge in [0.2, 0.25) is 11.8 Å². The van der Waals surface area contributed by atoms with Crippen molar-refractivity contribution in [2.75, 3.05) is 19.0 Å². The molecule has 1 saturated carbocycles. The van der Waals surface area contributed by atoms with E-state index in [0.29, 0.717) is 36.2 Å². The molecule has 0 bridgehead atoms. The number of rotatable bonds is 7. The molecule has 3 aromatic rings. The van der Waals surface area contributed by atoms with Gasteiger partial charge in [0.25, 0.3) is 0 Å². The highest BCUT2D eigenvalue weighted by Gasteiger charge is 2.60. The number of nitrogens with zero attached hydrogens (tertiary/aromatic N) is 3. The van der Waals surface area contributed by atoms with Gasteiger partial charge in [-0.3, -0.25) is 4.79 Å². The maximum absolute atomic E-state index is 13.0. The monoisotopic (exact) mass is 404 g/mol. The molecule has 7 nitrogen and oxygen atoms in total. The summed E-state index contributed by atoms with van der Waals surface area (Å²) in [7, 11) is 1.55. The van der Waals surface area contributed by atoms with Crippen molar-refractivity contribution in [1.82, 2.24) is 15.0 Å². The standard InChI is InChI=1S/C23H24N4O3/c1-15-20(13-25-16(2)26-15)30-14-23(17-7-5-4-6-8-17)12-19(23)22(28)27-18-9-10-24-21(11-18)29-3/h4-11,13,19H,12,14H2,1-3H3,(H,24,27,28)/t19-,23+/m0/s1. The number of nitrogens with one attached hydrogen (secondary N) is 1. The molecule has 0 unspecified atom stereocenters. The van der Waals surface area contributed by atoms with Crippen LogP contribution in [0, 0.1) is 19.8 Å². The average molecular weight is 404 g/mol. The predicted molar refractivity (Wildman–Crippen MR) is 113 cm³/mol. The van der Waals surface area contributed by atoms with E-state index in [-0.39, 0.29) is 17.2 Å². The fourth-order valence-electron chi connectivity index (χ4n) is 3.73. The molecule has 1 aliphatic carbocycles. The Hall–Kier alpha value is -3.48. The maximum Gasteiger partial charge on any atom is 0.228 e. The summed E-state index contributed by atoms with van der Waals surface area (Å²) in [5, 5.41) is 2.98. The lowest BCUT2D eigenvalue weighted by Gasteiger charge is -2.19. The normalized spacial score (nSPS) is 19.8. The molecular formula is C23H24N4O3. The molecule has 1 amide bonds. The van der Waals surface area contributed by atoms with Crippen molar-refractivity contribution in [3.63, 3.8) is 0 Å². The lowest BCUT2D eigenvalue weighted by atomic mass is 9.93. The van der Waals surface area contributed by atoms with E-state index in [1.807, 2.05) is 44.2 Å². The maximum atomic E-state index is 13.0. The minimum Gasteiger partial charge on any atom is -0.489 e. The van der Waals surface area contributed by atoms with E-state index in [1.54, 1.807) is 31.6 Å². The number of amides is 1. The summed E-state index contributed by atoms with van der Waals surface area (Å²) in [4.78, 5) is 25.7. The number of carbonyl (C=O) groups is 1. The summed E-state index contributed by atoms with van der Waals surface area (Å²) in [5.41, 5.74) is 2.14. The first-order valence-electron chi connectivity index (χ1n) is 9.81. The summed E-state index contributed by atoms with van der Waals surface area (Å²) in [5.74, 6) is 1.55. The van der Waals surface area contributed by atoms with Crippen LogP contribution in [-0.4, -0.2) is 34.6 Å². The summed E-state index contributed by atoms with van der Waals surface area (Å²) in [6, 6.07) is 13.5. The van der Waals surface area contributed by atoms with Crippen LogP contribution in [0.5, 0.6) is 11.6 Å². The lowest BCUT2D eigenvalue weighted by molar-refractivity contribution is -0.117. The summed E-state index contributed by atoms with van der Waals surface area (Å²) in [6.45, 7) is 4.12. The first-order chi connectivity index (χ1) is 14.5. The number of hydrogen-bond acceptors (Lipinski definition) is 6. The van der Waals surface area contributed by atoms with E-state index in [0.717, 1.165) is 11.3 Å². The molecule has 4 rings (SSSR count). The van der Waals surface area contributed by atoms with Gasteiger partial charge in [-0.1, -0.05) is 30.3 Å². The molecule has 2 aromatic heterocycles. The first kappa shape index (κ1) is 19.8. The van der Waals surface area contributed by atoms with Crippen molar-refractivity contribution in [1.29, 1.82) is 0 Å². The van der Waals surface area contributed by atoms with Crippen molar-refractivity contribution >= 4 is 11.6 Å². The van der Waals surface area contributed by atoms with Crippen molar-refractivity contribution in [3.8, 4) is 11.6 Å². The zero-order chi connectivity index (χ0) is 21.1. The summed E-state index contributed by atoms with van der Waals surface area (Å²) < 4.78 is 11.2. The molecule has 2 heterocycles. The third-order valence-corrected chi connectivity index (χ3v) is 5.49. The second-order valence-corrected chi connectivity index (χ2v) is 7.51. The minimum absolute atomic E-state index is 0.0485. The fraction of sp³-hybridized carbons (Fsp3) is 0.304. The number of carbonyl (C=O) groups excluding carboxylic acids is 1. The molecule has 30 heavy (non-hydrogen) atoms. The molecule has 0 saturated heterocycles. The van der Waals surface area contributed by atoms with Crippen LogP contribution < -0.4 is 14.8 Å². The highest BCUT2D eigenvalue weighted by Crippen LogP contribution is 2.55. The molecule has 2 atom stereocenters. The Labute approximate surface area is 175 Å². The number of pyridine rings is 1. The van der Waals surface area contributed by atoms with E-state index >= 15 is 0 Å². The van der Waals surface area contributed by atoms with E-state index < -0.39 is 0 Å². The Morgan fingerprint density at radius 1 is 1.20 bits per heavy atom. The molecule has 7 heteroatoms. The predicted octanol–water partition coefficient (Wildman–Crippen LogP) is 3.47. The fourth-order valence-corrected chi connectivity index (χ4v) is 3.73. The van der Waals surface area contributed by atoms with Crippen LogP contribution in [0.3, 0.4) is 0 Å². The van der Waals surface area contributed by atoms with Crippen LogP contribution >= 0.6 is 0 Å². The highest BCUT2D eigenvalue weighted by atomic mass is 16.5. The smallest absolute Gasteiger partial charge is 0.228 e. The Balaban J connectivity index is 1.53. The lowest BCUT2D eigenvalue weighted by Crippen LogP contribution is -2.26. The van der Waals surface area contributed by atoms with Crippen molar-refractivity contribution in [2.24, 2.45) is 5.92 Å². The Morgan fingerprint density at radius 3 is 2.73 bits per heavy atom. The van der Waals surface area contributed by atoms with Gasteiger partial charge in [0.1, 0.15) is 5.82 Å². The van der Waals surface area contributed by atoms with Gasteiger partial charge in [0.05, 0.1) is 31.5 Å². The van der Waals surface area contributed by atoms with Gasteiger partial charge in [-0.15, -0.1) is 0 Å². The molecule has 154 valence electrons. The zero-order valence-electron chi connectivity index (χ0n) is 17.3. The Morgan fingerprint density at radius 2 is 2.00 bits per heavy atom. The van der Waals surface area contributed by atoms with E-state index in [1.165, 1.54) is 0 Å². The molecule has 1 fully saturated rings. The van der Waals surface area contributed by atoms with Crippen LogP contribution in [0.1, 0.15) is 23.5 Å². The van der Waals surface area contributed by atoms with Crippen LogP contribution in [0.25, 0.3) is 0 Å². The topological polar surface area (TPSA) is 86.2 Å². The summed E-state index contributed by atoms with van der Waals surface area (Å²) >= 11 is 0. The number of ether oxygens (including phenoxy) is 2. The van der Waals surface area contributed by atoms with Crippen LogP contribution in [0.2, 0.25) is 0 Å². The van der Waals surface area contributed by atoms with Crippen LogP contribution in [0.4, 0.5) is 5.69 Å². The third kappa shape index (κ3) is 3.96. The molecule has 1 N–H and O–H groups in total. The average Bonchev–Trinajstić information content (AvgIpc) is 3.50. The summed E-state index contributed by atoms with van der Waals surface area (Å²) in [6.07, 6.45) is 4.00. The SMILES string of the molecule is COc1cc(NC(=O)[C@@H]2C[C@@]2(COc2cnc(C)nc2C)c2ccccc2)ccn1. The molecule has 0 spiro atoms. The largest absolute Gasteiger partial charge is 0.489 e. The second-order valence-electron chi connectivity index (χ2n) is 7.51. The number of hydrogen-bond donors (Lipinski definition) is 1. The van der Waals surface area contributed by atoms with Crippen molar-refractivity contribution in [3.05, 3.63) is 71.9 Å². The minimum atomic E-state index is -0.389. The first-order valence-corrected chi connectivity index (χ1v) is 9.81. The molecule has 1 aromatic carbocycles. The third-order valence-electron chi connectivity index (χ3n) is 5.49. The quantitative estimate of drug-likeness (QED) is 0.649. The number of aromatic nitrogens is 3. The van der Waals surface area contributed by atoms with E-state index in [9.17, 15) is 4.79 Å². The van der Waals surface area contributed by atoms with E-state index in [4.69, 9.17) is 9.47 Å². The van der Waals surface area contributed by atoms with Crippen LogP contribution in [0.15, 0.2) is 54.9 Å². The Kier molecular flexibility index (Phi) is 5.35. The number of benzene rings is 1. The number of methoxy groups -OCH3 is 1. The molecule has 0 radical (unpaired) electrons. The number of anilines is 1. The Bertz CT molecular complexity index is 1060. The van der Waals surface area contributed by atoms with Gasteiger partial charge < -0.3 is 14.8 Å². The van der Waals surface area contributed by atoms with Gasteiger partial charge >= 0.3 is 0 Å². The highest BCUT2D eigenvalue weighted by molar-refractivity contribution is 5.96. The zero-order valence-corrected chi connectivity index (χ0v) is 17.3. The van der Waals surface area contributed by atoms with Gasteiger partial charge in [-0.05, 0) is 31.9 Å². The second kappa shape index (κ2) is 8.10. The van der Waals surface area contributed by atoms with Crippen molar-refractivity contribution < 1.29 is 14.3 Å². The molecular weight excluding hydrogens is 380 g/mol. The van der Waals surface area contributed by atoms with Crippen molar-refractivity contribution in [2.45, 2.75) is 25.7 Å². The van der Waals surface area contributed by atoms with Gasteiger partial charge in [0.15, 0.2) is 5.75 Å². The van der Waals surface area contributed by atoms with Crippen LogP contribution in [-0.2, 0) is 10.2 Å². The molecule has 0 aliphatic heterocycles. The molecule has 1 aliphatic rings. The number of aryl methyl sites for hydroxylation is 2. The van der Waals surface area contributed by atoms with E-state index in [2.05, 4.69) is 20.3 Å².